The Bertz CT molecular complexity index is 1260. The Hall–Kier alpha value is -3.14. The molecule has 4 rings (SSSR count). The van der Waals surface area contributed by atoms with Crippen LogP contribution >= 0.6 is 23.2 Å². The third-order valence-corrected chi connectivity index (χ3v) is 7.40. The fourth-order valence-corrected chi connectivity index (χ4v) is 5.03. The summed E-state index contributed by atoms with van der Waals surface area (Å²) in [6, 6.07) is 9.75. The van der Waals surface area contributed by atoms with E-state index in [4.69, 9.17) is 27.9 Å². The van der Waals surface area contributed by atoms with E-state index in [2.05, 4.69) is 10.2 Å². The van der Waals surface area contributed by atoms with E-state index in [1.54, 1.807) is 42.2 Å². The highest BCUT2D eigenvalue weighted by molar-refractivity contribution is 6.42. The van der Waals surface area contributed by atoms with Gasteiger partial charge in [0.2, 0.25) is 0 Å². The minimum Gasteiger partial charge on any atom is -0.463 e. The molecule has 2 aliphatic rings. The van der Waals surface area contributed by atoms with E-state index < -0.39 is 17.8 Å². The number of nitrogens with one attached hydrogen (secondary N) is 1. The number of hydrogen-bond donors (Lipinski definition) is 1. The van der Waals surface area contributed by atoms with Crippen molar-refractivity contribution >= 4 is 41.1 Å². The lowest BCUT2D eigenvalue weighted by atomic mass is 9.94. The van der Waals surface area contributed by atoms with Crippen LogP contribution in [0.3, 0.4) is 0 Å². The highest BCUT2D eigenvalue weighted by Crippen LogP contribution is 2.35. The maximum atomic E-state index is 14.1. The van der Waals surface area contributed by atoms with Gasteiger partial charge in [0.1, 0.15) is 5.82 Å². The van der Waals surface area contributed by atoms with Gasteiger partial charge in [-0.25, -0.2) is 14.0 Å². The number of piperazine rings is 1. The van der Waals surface area contributed by atoms with Crippen molar-refractivity contribution in [1.29, 1.82) is 0 Å². The van der Waals surface area contributed by atoms with E-state index in [1.165, 1.54) is 17.0 Å². The summed E-state index contributed by atoms with van der Waals surface area (Å²) < 4.78 is 19.5. The Morgan fingerprint density at radius 3 is 2.39 bits per heavy atom. The molecule has 1 atom stereocenters. The molecule has 3 amide bonds. The van der Waals surface area contributed by atoms with Gasteiger partial charge in [0.05, 0.1) is 33.8 Å². The molecule has 38 heavy (non-hydrogen) atoms. The van der Waals surface area contributed by atoms with Gasteiger partial charge in [0, 0.05) is 45.0 Å². The second-order valence-corrected chi connectivity index (χ2v) is 9.74. The molecule has 1 fully saturated rings. The molecule has 2 heterocycles. The molecule has 0 radical (unpaired) electrons. The molecule has 0 spiro atoms. The first-order chi connectivity index (χ1) is 18.2. The molecule has 2 aliphatic heterocycles. The van der Waals surface area contributed by atoms with Crippen molar-refractivity contribution in [3.63, 3.8) is 0 Å². The van der Waals surface area contributed by atoms with E-state index in [9.17, 15) is 18.8 Å². The molecular formula is C27H29Cl2FN4O4. The van der Waals surface area contributed by atoms with Crippen molar-refractivity contribution in [3.8, 4) is 0 Å². The second kappa shape index (κ2) is 12.1. The third kappa shape index (κ3) is 5.80. The van der Waals surface area contributed by atoms with Crippen LogP contribution in [0.25, 0.3) is 0 Å². The Balaban J connectivity index is 1.62. The maximum Gasteiger partial charge on any atom is 0.338 e. The maximum absolute atomic E-state index is 14.1. The number of carbonyl (C=O) groups is 3. The lowest BCUT2D eigenvalue weighted by molar-refractivity contribution is -0.139. The minimum atomic E-state index is -0.780. The van der Waals surface area contributed by atoms with Gasteiger partial charge in [0.25, 0.3) is 5.91 Å². The van der Waals surface area contributed by atoms with Crippen LogP contribution in [-0.4, -0.2) is 78.5 Å². The van der Waals surface area contributed by atoms with Crippen LogP contribution < -0.4 is 5.32 Å². The van der Waals surface area contributed by atoms with E-state index in [-0.39, 0.29) is 30.7 Å². The van der Waals surface area contributed by atoms with Gasteiger partial charge in [-0.1, -0.05) is 41.4 Å². The molecule has 0 aliphatic carbocycles. The monoisotopic (exact) mass is 562 g/mol. The first-order valence-electron chi connectivity index (χ1n) is 12.4. The van der Waals surface area contributed by atoms with E-state index in [0.29, 0.717) is 59.6 Å². The molecular weight excluding hydrogens is 534 g/mol. The highest BCUT2D eigenvalue weighted by Gasteiger charge is 2.39. The molecule has 0 saturated carbocycles. The third-order valence-electron chi connectivity index (χ3n) is 6.66. The molecule has 1 N–H and O–H groups in total. The number of nitrogens with zero attached hydrogens (tertiary/aromatic N) is 3. The van der Waals surface area contributed by atoms with Crippen LogP contribution in [0.4, 0.5) is 9.18 Å². The summed E-state index contributed by atoms with van der Waals surface area (Å²) in [6.07, 6.45) is 0. The number of likely N-dealkylation sites (N-methyl/N-ethyl adjacent to an activating group) is 1. The zero-order valence-corrected chi connectivity index (χ0v) is 22.7. The summed E-state index contributed by atoms with van der Waals surface area (Å²) in [6.45, 7) is 6.06. The van der Waals surface area contributed by atoms with Crippen LogP contribution in [-0.2, 0) is 9.53 Å². The number of esters is 1. The first-order valence-corrected chi connectivity index (χ1v) is 13.2. The number of carbonyl (C=O) groups excluding carboxylic acids is 3. The zero-order chi connectivity index (χ0) is 27.4. The smallest absolute Gasteiger partial charge is 0.338 e. The van der Waals surface area contributed by atoms with Crippen molar-refractivity contribution in [1.82, 2.24) is 20.0 Å². The summed E-state index contributed by atoms with van der Waals surface area (Å²) >= 11 is 12.3. The Morgan fingerprint density at radius 1 is 1.05 bits per heavy atom. The SMILES string of the molecule is CCOC(=O)C1=C(CN2CCN(C(=O)c3ccccc3F)CC2)N(CC)C(=O)N[C@H]1c1ccc(Cl)c(Cl)c1. The molecule has 0 unspecified atom stereocenters. The number of halogens is 3. The molecule has 8 nitrogen and oxygen atoms in total. The molecule has 0 bridgehead atoms. The number of urea groups is 1. The van der Waals surface area contributed by atoms with E-state index >= 15 is 0 Å². The van der Waals surface area contributed by atoms with Gasteiger partial charge < -0.3 is 15.0 Å². The van der Waals surface area contributed by atoms with Crippen molar-refractivity contribution < 1.29 is 23.5 Å². The predicted molar refractivity (Wildman–Crippen MR) is 143 cm³/mol. The standard InChI is InChI=1S/C27H29Cl2FN4O4/c1-3-34-22(16-32-11-13-33(14-12-32)25(35)18-7-5-6-8-21(18)30)23(26(36)38-4-2)24(31-27(34)37)17-9-10-19(28)20(29)15-17/h5-10,15,24H,3-4,11-14,16H2,1-2H3,(H,31,37)/t24-/m0/s1. The average Bonchev–Trinajstić information content (AvgIpc) is 2.90. The Morgan fingerprint density at radius 2 is 1.76 bits per heavy atom. The number of amides is 3. The molecule has 11 heteroatoms. The van der Waals surface area contributed by atoms with Gasteiger partial charge in [-0.15, -0.1) is 0 Å². The van der Waals surface area contributed by atoms with Crippen LogP contribution in [0.2, 0.25) is 10.0 Å². The minimum absolute atomic E-state index is 0.0406. The largest absolute Gasteiger partial charge is 0.463 e. The van der Waals surface area contributed by atoms with Crippen LogP contribution in [0.15, 0.2) is 53.7 Å². The topological polar surface area (TPSA) is 82.2 Å². The zero-order valence-electron chi connectivity index (χ0n) is 21.2. The second-order valence-electron chi connectivity index (χ2n) is 8.93. The summed E-state index contributed by atoms with van der Waals surface area (Å²) in [5, 5.41) is 3.56. The van der Waals surface area contributed by atoms with Crippen molar-refractivity contribution in [2.24, 2.45) is 0 Å². The van der Waals surface area contributed by atoms with Crippen molar-refractivity contribution in [2.45, 2.75) is 19.9 Å². The van der Waals surface area contributed by atoms with Crippen LogP contribution in [0.5, 0.6) is 0 Å². The molecule has 0 aromatic heterocycles. The Kier molecular flexibility index (Phi) is 8.91. The molecule has 202 valence electrons. The quantitative estimate of drug-likeness (QED) is 0.502. The normalized spacial score (nSPS) is 18.4. The Labute approximate surface area is 230 Å². The lowest BCUT2D eigenvalue weighted by Gasteiger charge is -2.40. The van der Waals surface area contributed by atoms with E-state index in [0.717, 1.165) is 0 Å². The van der Waals surface area contributed by atoms with Crippen LogP contribution in [0, 0.1) is 5.82 Å². The van der Waals surface area contributed by atoms with Crippen LogP contribution in [0.1, 0.15) is 35.8 Å². The van der Waals surface area contributed by atoms with Gasteiger partial charge in [-0.2, -0.15) is 0 Å². The predicted octanol–water partition coefficient (Wildman–Crippen LogP) is 4.49. The van der Waals surface area contributed by atoms with Gasteiger partial charge >= 0.3 is 12.0 Å². The molecule has 2 aromatic carbocycles. The summed E-state index contributed by atoms with van der Waals surface area (Å²) in [5.41, 5.74) is 1.49. The molecule has 2 aromatic rings. The summed E-state index contributed by atoms with van der Waals surface area (Å²) in [5.74, 6) is -1.45. The van der Waals surface area contributed by atoms with Gasteiger partial charge in [-0.05, 0) is 43.7 Å². The average molecular weight is 563 g/mol. The molecule has 1 saturated heterocycles. The first kappa shape index (κ1) is 27.9. The summed E-state index contributed by atoms with van der Waals surface area (Å²) in [4.78, 5) is 44.4. The number of ether oxygens (including phenoxy) is 1. The van der Waals surface area contributed by atoms with Crippen molar-refractivity contribution in [2.75, 3.05) is 45.9 Å². The van der Waals surface area contributed by atoms with Gasteiger partial charge in [-0.3, -0.25) is 14.6 Å². The number of hydrogen-bond acceptors (Lipinski definition) is 5. The highest BCUT2D eigenvalue weighted by atomic mass is 35.5. The number of rotatable bonds is 7. The lowest BCUT2D eigenvalue weighted by Crippen LogP contribution is -2.53. The number of benzene rings is 2. The fraction of sp³-hybridized carbons (Fsp3) is 0.370. The van der Waals surface area contributed by atoms with Crippen molar-refractivity contribution in [3.05, 3.63) is 80.7 Å². The fourth-order valence-electron chi connectivity index (χ4n) is 4.73. The van der Waals surface area contributed by atoms with Gasteiger partial charge in [0.15, 0.2) is 0 Å². The van der Waals surface area contributed by atoms with E-state index in [1.807, 2.05) is 6.92 Å². The summed E-state index contributed by atoms with van der Waals surface area (Å²) in [7, 11) is 0.